The van der Waals surface area contributed by atoms with Crippen molar-refractivity contribution in [3.05, 3.63) is 101 Å². The minimum Gasteiger partial charge on any atom is -0.0770 e. The van der Waals surface area contributed by atoms with Crippen molar-refractivity contribution in [2.45, 2.75) is 13.8 Å². The highest BCUT2D eigenvalue weighted by molar-refractivity contribution is 5.84. The van der Waals surface area contributed by atoms with E-state index in [1.807, 2.05) is 0 Å². The van der Waals surface area contributed by atoms with Crippen LogP contribution >= 0.6 is 0 Å². The van der Waals surface area contributed by atoms with E-state index in [1.54, 1.807) is 0 Å². The van der Waals surface area contributed by atoms with E-state index in [-0.39, 0.29) is 0 Å². The van der Waals surface area contributed by atoms with Crippen LogP contribution in [0.3, 0.4) is 0 Å². The Morgan fingerprint density at radius 1 is 0.810 bits per heavy atom. The first-order valence-electron chi connectivity index (χ1n) is 7.47. The molecule has 0 aromatic heterocycles. The molecule has 1 atom stereocenters. The fourth-order valence-electron chi connectivity index (χ4n) is 2.83. The smallest absolute Gasteiger partial charge is 0.0000752 e. The summed E-state index contributed by atoms with van der Waals surface area (Å²) in [6.45, 7) is 4.43. The Balaban J connectivity index is 2.25. The van der Waals surface area contributed by atoms with Gasteiger partial charge in [0.25, 0.3) is 0 Å². The van der Waals surface area contributed by atoms with Gasteiger partial charge in [-0.05, 0) is 35.1 Å². The van der Waals surface area contributed by atoms with E-state index >= 15 is 0 Å². The summed E-state index contributed by atoms with van der Waals surface area (Å²) in [7, 11) is 0. The van der Waals surface area contributed by atoms with E-state index in [0.717, 1.165) is 0 Å². The molecule has 0 fully saturated rings. The van der Waals surface area contributed by atoms with Crippen molar-refractivity contribution < 1.29 is 0 Å². The van der Waals surface area contributed by atoms with E-state index in [0.29, 0.717) is 5.92 Å². The maximum Gasteiger partial charge on any atom is -0.0000752 e. The van der Waals surface area contributed by atoms with Crippen molar-refractivity contribution in [1.29, 1.82) is 0 Å². The number of rotatable bonds is 2. The quantitative estimate of drug-likeness (QED) is 0.663. The molecule has 0 bridgehead atoms. The standard InChI is InChI=1S/C21H20/c1-16-13-14-17(2)20(15-16)21(18-9-5-3-6-10-18)19-11-7-4-8-12-19/h3-15,17H,1-2H3. The Kier molecular flexibility index (Phi) is 3.87. The van der Waals surface area contributed by atoms with Crippen molar-refractivity contribution in [1.82, 2.24) is 0 Å². The fourth-order valence-corrected chi connectivity index (χ4v) is 2.83. The molecule has 0 heteroatoms. The molecule has 104 valence electrons. The SMILES string of the molecule is CC1=CC(=C(c2ccccc2)c2ccccc2)C(C)C=C1. The van der Waals surface area contributed by atoms with Crippen LogP contribution in [-0.2, 0) is 0 Å². The minimum atomic E-state index is 0.434. The Bertz CT molecular complexity index is 659. The molecule has 1 unspecified atom stereocenters. The zero-order valence-electron chi connectivity index (χ0n) is 12.6. The van der Waals surface area contributed by atoms with Gasteiger partial charge < -0.3 is 0 Å². The van der Waals surface area contributed by atoms with Crippen LogP contribution in [0.1, 0.15) is 25.0 Å². The third-order valence-corrected chi connectivity index (χ3v) is 3.94. The predicted octanol–water partition coefficient (Wildman–Crippen LogP) is 5.64. The Hall–Kier alpha value is -2.34. The highest BCUT2D eigenvalue weighted by atomic mass is 14.2. The van der Waals surface area contributed by atoms with Gasteiger partial charge >= 0.3 is 0 Å². The van der Waals surface area contributed by atoms with E-state index in [1.165, 1.54) is 27.8 Å². The zero-order valence-corrected chi connectivity index (χ0v) is 12.6. The van der Waals surface area contributed by atoms with Gasteiger partial charge in [0.15, 0.2) is 0 Å². The molecule has 0 spiro atoms. The highest BCUT2D eigenvalue weighted by Gasteiger charge is 2.16. The molecule has 21 heavy (non-hydrogen) atoms. The average molecular weight is 272 g/mol. The number of benzene rings is 2. The lowest BCUT2D eigenvalue weighted by Gasteiger charge is -2.20. The zero-order chi connectivity index (χ0) is 14.7. The van der Waals surface area contributed by atoms with Crippen molar-refractivity contribution in [2.75, 3.05) is 0 Å². The lowest BCUT2D eigenvalue weighted by molar-refractivity contribution is 0.879. The van der Waals surface area contributed by atoms with Crippen LogP contribution in [0.2, 0.25) is 0 Å². The summed E-state index contributed by atoms with van der Waals surface area (Å²) in [4.78, 5) is 0. The van der Waals surface area contributed by atoms with Gasteiger partial charge in [-0.15, -0.1) is 0 Å². The van der Waals surface area contributed by atoms with E-state index in [4.69, 9.17) is 0 Å². The molecule has 2 aromatic rings. The summed E-state index contributed by atoms with van der Waals surface area (Å²) < 4.78 is 0. The molecule has 1 aliphatic carbocycles. The summed E-state index contributed by atoms with van der Waals surface area (Å²) in [5.74, 6) is 0.434. The second-order valence-electron chi connectivity index (χ2n) is 5.60. The number of allylic oxidation sites excluding steroid dienone is 5. The first-order chi connectivity index (χ1) is 10.3. The van der Waals surface area contributed by atoms with Gasteiger partial charge in [-0.25, -0.2) is 0 Å². The molecule has 0 saturated carbocycles. The molecule has 0 radical (unpaired) electrons. The van der Waals surface area contributed by atoms with Gasteiger partial charge in [0.05, 0.1) is 0 Å². The van der Waals surface area contributed by atoms with Crippen LogP contribution in [0.25, 0.3) is 5.57 Å². The average Bonchev–Trinajstić information content (AvgIpc) is 2.53. The maximum absolute atomic E-state index is 2.32. The Morgan fingerprint density at radius 2 is 1.33 bits per heavy atom. The summed E-state index contributed by atoms with van der Waals surface area (Å²) in [6, 6.07) is 21.4. The van der Waals surface area contributed by atoms with Gasteiger partial charge in [0.2, 0.25) is 0 Å². The van der Waals surface area contributed by atoms with Crippen LogP contribution in [0.15, 0.2) is 90.0 Å². The molecule has 0 amide bonds. The van der Waals surface area contributed by atoms with Crippen LogP contribution < -0.4 is 0 Å². The predicted molar refractivity (Wildman–Crippen MR) is 91.0 cm³/mol. The van der Waals surface area contributed by atoms with Crippen LogP contribution in [0.4, 0.5) is 0 Å². The molecule has 0 N–H and O–H groups in total. The molecule has 3 rings (SSSR count). The van der Waals surface area contributed by atoms with E-state index < -0.39 is 0 Å². The first-order valence-corrected chi connectivity index (χ1v) is 7.47. The molecule has 0 heterocycles. The van der Waals surface area contributed by atoms with Crippen LogP contribution in [-0.4, -0.2) is 0 Å². The van der Waals surface area contributed by atoms with Crippen molar-refractivity contribution >= 4 is 5.57 Å². The topological polar surface area (TPSA) is 0 Å². The second kappa shape index (κ2) is 5.97. The molecule has 2 aromatic carbocycles. The number of hydrogen-bond acceptors (Lipinski definition) is 0. The molecular weight excluding hydrogens is 252 g/mol. The van der Waals surface area contributed by atoms with Gasteiger partial charge in [-0.2, -0.15) is 0 Å². The summed E-state index contributed by atoms with van der Waals surface area (Å²) in [6.07, 6.45) is 6.82. The Morgan fingerprint density at radius 3 is 1.86 bits per heavy atom. The van der Waals surface area contributed by atoms with Gasteiger partial charge in [0.1, 0.15) is 0 Å². The van der Waals surface area contributed by atoms with Gasteiger partial charge in [0, 0.05) is 0 Å². The summed E-state index contributed by atoms with van der Waals surface area (Å²) >= 11 is 0. The number of hydrogen-bond donors (Lipinski definition) is 0. The fraction of sp³-hybridized carbons (Fsp3) is 0.143. The molecule has 1 aliphatic rings. The highest BCUT2D eigenvalue weighted by Crippen LogP contribution is 2.34. The summed E-state index contributed by atoms with van der Waals surface area (Å²) in [5.41, 5.74) is 6.61. The van der Waals surface area contributed by atoms with Crippen LogP contribution in [0.5, 0.6) is 0 Å². The maximum atomic E-state index is 2.32. The van der Waals surface area contributed by atoms with Crippen molar-refractivity contribution in [3.8, 4) is 0 Å². The lowest BCUT2D eigenvalue weighted by atomic mass is 9.84. The second-order valence-corrected chi connectivity index (χ2v) is 5.60. The van der Waals surface area contributed by atoms with Crippen LogP contribution in [0, 0.1) is 5.92 Å². The van der Waals surface area contributed by atoms with E-state index in [2.05, 4.69) is 92.7 Å². The van der Waals surface area contributed by atoms with Crippen molar-refractivity contribution in [3.63, 3.8) is 0 Å². The third-order valence-electron chi connectivity index (χ3n) is 3.94. The normalized spacial score (nSPS) is 17.5. The van der Waals surface area contributed by atoms with Crippen molar-refractivity contribution in [2.24, 2.45) is 5.92 Å². The first kappa shape index (κ1) is 13.6. The monoisotopic (exact) mass is 272 g/mol. The largest absolute Gasteiger partial charge is 0.0770 e. The minimum absolute atomic E-state index is 0.434. The molecule has 0 saturated heterocycles. The lowest BCUT2D eigenvalue weighted by Crippen LogP contribution is -2.03. The van der Waals surface area contributed by atoms with Gasteiger partial charge in [-0.3, -0.25) is 0 Å². The third kappa shape index (κ3) is 2.90. The molecular formula is C21H20. The van der Waals surface area contributed by atoms with E-state index in [9.17, 15) is 0 Å². The summed E-state index contributed by atoms with van der Waals surface area (Å²) in [5, 5.41) is 0. The molecule has 0 aliphatic heterocycles. The Labute approximate surface area is 127 Å². The van der Waals surface area contributed by atoms with Gasteiger partial charge in [-0.1, -0.05) is 91.4 Å². The molecule has 0 nitrogen and oxygen atoms in total.